The summed E-state index contributed by atoms with van der Waals surface area (Å²) in [7, 11) is 0. The summed E-state index contributed by atoms with van der Waals surface area (Å²) in [4.78, 5) is 24.5. The maximum absolute atomic E-state index is 12.3. The van der Waals surface area contributed by atoms with E-state index < -0.39 is 5.56 Å². The molecule has 0 aliphatic carbocycles. The third-order valence-electron chi connectivity index (χ3n) is 3.55. The van der Waals surface area contributed by atoms with Crippen molar-refractivity contribution in [2.75, 3.05) is 0 Å². The number of carbonyl (C=O) groups excluding carboxylic acids is 1. The van der Waals surface area contributed by atoms with Crippen LogP contribution in [0.1, 0.15) is 61.6 Å². The normalized spacial score (nSPS) is 12.2. The van der Waals surface area contributed by atoms with Crippen molar-refractivity contribution in [3.05, 3.63) is 27.0 Å². The molecule has 1 aromatic rings. The van der Waals surface area contributed by atoms with Gasteiger partial charge in [-0.3, -0.25) is 14.2 Å². The van der Waals surface area contributed by atoms with Crippen LogP contribution >= 0.6 is 0 Å². The van der Waals surface area contributed by atoms with Gasteiger partial charge in [-0.05, 0) is 25.8 Å². The van der Waals surface area contributed by atoms with E-state index in [-0.39, 0.29) is 40.3 Å². The number of hydrogen-bond acceptors (Lipinski definition) is 4. The van der Waals surface area contributed by atoms with Crippen LogP contribution in [0.25, 0.3) is 0 Å². The van der Waals surface area contributed by atoms with E-state index >= 15 is 0 Å². The highest BCUT2D eigenvalue weighted by atomic mass is 16.3. The van der Waals surface area contributed by atoms with Gasteiger partial charge in [-0.2, -0.15) is 5.26 Å². The first kappa shape index (κ1) is 16.0. The number of Topliss-reactive ketones (excluding diaryl/α,β-unsaturated/α-hetero) is 1. The quantitative estimate of drug-likeness (QED) is 0.856. The van der Waals surface area contributed by atoms with Crippen LogP contribution in [0.5, 0.6) is 5.88 Å². The van der Waals surface area contributed by atoms with E-state index in [0.717, 1.165) is 4.57 Å². The summed E-state index contributed by atoms with van der Waals surface area (Å²) < 4.78 is 1.14. The third-order valence-corrected chi connectivity index (χ3v) is 3.55. The van der Waals surface area contributed by atoms with E-state index in [1.807, 2.05) is 13.0 Å². The van der Waals surface area contributed by atoms with Crippen molar-refractivity contribution in [2.24, 2.45) is 5.92 Å². The van der Waals surface area contributed by atoms with E-state index in [4.69, 9.17) is 5.26 Å². The number of aromatic hydroxyl groups is 1. The molecular weight excluding hydrogens is 256 g/mol. The zero-order valence-electron chi connectivity index (χ0n) is 12.5. The molecule has 1 atom stereocenters. The molecule has 108 valence electrons. The second kappa shape index (κ2) is 5.91. The number of ketones is 1. The van der Waals surface area contributed by atoms with Gasteiger partial charge in [-0.15, -0.1) is 0 Å². The Balaban J connectivity index is 3.83. The van der Waals surface area contributed by atoms with Gasteiger partial charge in [0.1, 0.15) is 11.6 Å². The molecule has 0 aliphatic heterocycles. The van der Waals surface area contributed by atoms with Crippen LogP contribution in [0.4, 0.5) is 0 Å². The van der Waals surface area contributed by atoms with Crippen LogP contribution in [0.2, 0.25) is 0 Å². The summed E-state index contributed by atoms with van der Waals surface area (Å²) in [5, 5.41) is 19.5. The lowest BCUT2D eigenvalue weighted by molar-refractivity contribution is 0.0934. The van der Waals surface area contributed by atoms with E-state index in [2.05, 4.69) is 0 Å². The predicted molar refractivity (Wildman–Crippen MR) is 76.0 cm³/mol. The van der Waals surface area contributed by atoms with Crippen molar-refractivity contribution in [1.29, 1.82) is 5.26 Å². The largest absolute Gasteiger partial charge is 0.494 e. The van der Waals surface area contributed by atoms with Gasteiger partial charge in [-0.25, -0.2) is 0 Å². The van der Waals surface area contributed by atoms with Gasteiger partial charge in [0.25, 0.3) is 5.56 Å². The Hall–Kier alpha value is -2.09. The first-order chi connectivity index (χ1) is 9.27. The van der Waals surface area contributed by atoms with Gasteiger partial charge in [0.05, 0.1) is 5.56 Å². The molecule has 0 spiro atoms. The Labute approximate surface area is 118 Å². The molecule has 5 nitrogen and oxygen atoms in total. The van der Waals surface area contributed by atoms with Crippen molar-refractivity contribution in [1.82, 2.24) is 4.57 Å². The molecule has 1 aromatic heterocycles. The van der Waals surface area contributed by atoms with Crippen molar-refractivity contribution in [3.8, 4) is 11.9 Å². The standard InChI is InChI=1S/C15H20N2O3/c1-6-9(4)17-14(19)11(7-16)10(5)12(15(17)20)13(18)8(2)3/h8-9,20H,6H2,1-5H3. The number of nitrogens with zero attached hydrogens (tertiary/aromatic N) is 2. The predicted octanol–water partition coefficient (Wildman–Crippen LogP) is 2.54. The average molecular weight is 276 g/mol. The number of hydrogen-bond donors (Lipinski definition) is 1. The molecule has 1 heterocycles. The fourth-order valence-electron chi connectivity index (χ4n) is 2.10. The monoisotopic (exact) mass is 276 g/mol. The highest BCUT2D eigenvalue weighted by molar-refractivity contribution is 6.01. The summed E-state index contributed by atoms with van der Waals surface area (Å²) in [6.07, 6.45) is 0.608. The van der Waals surface area contributed by atoms with Crippen molar-refractivity contribution >= 4 is 5.78 Å². The molecule has 1 unspecified atom stereocenters. The van der Waals surface area contributed by atoms with Crippen LogP contribution < -0.4 is 5.56 Å². The summed E-state index contributed by atoms with van der Waals surface area (Å²) in [6.45, 7) is 8.59. The zero-order chi connectivity index (χ0) is 15.6. The SMILES string of the molecule is CCC(C)n1c(O)c(C(=O)C(C)C)c(C)c(C#N)c1=O. The second-order valence-corrected chi connectivity index (χ2v) is 5.26. The number of pyridine rings is 1. The van der Waals surface area contributed by atoms with Crippen LogP contribution in [-0.2, 0) is 0 Å². The first-order valence-electron chi connectivity index (χ1n) is 6.70. The number of carbonyl (C=O) groups is 1. The molecular formula is C15H20N2O3. The van der Waals surface area contributed by atoms with Gasteiger partial charge in [-0.1, -0.05) is 20.8 Å². The van der Waals surface area contributed by atoms with Crippen LogP contribution in [-0.4, -0.2) is 15.5 Å². The second-order valence-electron chi connectivity index (χ2n) is 5.26. The van der Waals surface area contributed by atoms with Crippen LogP contribution in [0.15, 0.2) is 4.79 Å². The third kappa shape index (κ3) is 2.46. The Morgan fingerprint density at radius 3 is 2.35 bits per heavy atom. The van der Waals surface area contributed by atoms with Crippen LogP contribution in [0, 0.1) is 24.2 Å². The smallest absolute Gasteiger partial charge is 0.271 e. The van der Waals surface area contributed by atoms with Crippen molar-refractivity contribution in [2.45, 2.75) is 47.1 Å². The summed E-state index contributed by atoms with van der Waals surface area (Å²) in [6, 6.07) is 1.56. The number of rotatable bonds is 4. The van der Waals surface area contributed by atoms with Gasteiger partial charge < -0.3 is 5.11 Å². The lowest BCUT2D eigenvalue weighted by Gasteiger charge is -2.20. The average Bonchev–Trinajstić information content (AvgIpc) is 2.38. The minimum atomic E-state index is -0.544. The molecule has 0 amide bonds. The molecule has 1 rings (SSSR count). The minimum absolute atomic E-state index is 0.0768. The Morgan fingerprint density at radius 1 is 1.40 bits per heavy atom. The molecule has 0 saturated carbocycles. The number of nitriles is 1. The molecule has 0 bridgehead atoms. The van der Waals surface area contributed by atoms with Crippen LogP contribution in [0.3, 0.4) is 0 Å². The molecule has 0 aliphatic rings. The fraction of sp³-hybridized carbons (Fsp3) is 0.533. The number of aromatic nitrogens is 1. The molecule has 5 heteroatoms. The zero-order valence-corrected chi connectivity index (χ0v) is 12.5. The van der Waals surface area contributed by atoms with Gasteiger partial charge in [0.15, 0.2) is 5.78 Å². The molecule has 0 radical (unpaired) electrons. The van der Waals surface area contributed by atoms with Crippen molar-refractivity contribution < 1.29 is 9.90 Å². The molecule has 0 aromatic carbocycles. The topological polar surface area (TPSA) is 83.1 Å². The Bertz CT molecular complexity index is 636. The van der Waals surface area contributed by atoms with E-state index in [1.54, 1.807) is 20.8 Å². The van der Waals surface area contributed by atoms with E-state index in [1.165, 1.54) is 6.92 Å². The highest BCUT2D eigenvalue weighted by Crippen LogP contribution is 2.27. The minimum Gasteiger partial charge on any atom is -0.494 e. The first-order valence-corrected chi connectivity index (χ1v) is 6.70. The lowest BCUT2D eigenvalue weighted by Crippen LogP contribution is -2.29. The summed E-state index contributed by atoms with van der Waals surface area (Å²) in [5.41, 5.74) is -0.283. The van der Waals surface area contributed by atoms with E-state index in [9.17, 15) is 14.7 Å². The summed E-state index contributed by atoms with van der Waals surface area (Å²) >= 11 is 0. The molecule has 1 N–H and O–H groups in total. The molecule has 0 fully saturated rings. The van der Waals surface area contributed by atoms with Gasteiger partial charge in [0, 0.05) is 12.0 Å². The fourth-order valence-corrected chi connectivity index (χ4v) is 2.10. The Kier molecular flexibility index (Phi) is 4.72. The lowest BCUT2D eigenvalue weighted by atomic mass is 9.95. The Morgan fingerprint density at radius 2 is 1.95 bits per heavy atom. The van der Waals surface area contributed by atoms with Gasteiger partial charge in [0.2, 0.25) is 5.88 Å². The maximum Gasteiger partial charge on any atom is 0.271 e. The van der Waals surface area contributed by atoms with E-state index in [0.29, 0.717) is 6.42 Å². The highest BCUT2D eigenvalue weighted by Gasteiger charge is 2.26. The molecule has 20 heavy (non-hydrogen) atoms. The van der Waals surface area contributed by atoms with Crippen molar-refractivity contribution in [3.63, 3.8) is 0 Å². The van der Waals surface area contributed by atoms with Gasteiger partial charge >= 0.3 is 0 Å². The maximum atomic E-state index is 12.3. The molecule has 0 saturated heterocycles. The summed E-state index contributed by atoms with van der Waals surface area (Å²) in [5.74, 6) is -0.929.